The van der Waals surface area contributed by atoms with Crippen molar-refractivity contribution in [1.82, 2.24) is 0 Å². The number of carboxylic acids is 2. The Hall–Kier alpha value is -4.74. The maximum atomic E-state index is 11.7. The number of hydrogen-bond donors (Lipinski definition) is 2. The molecule has 12 nitrogen and oxygen atoms in total. The van der Waals surface area contributed by atoms with Crippen molar-refractivity contribution in [3.05, 3.63) is 47.5 Å². The zero-order chi connectivity index (χ0) is 25.4. The molecule has 0 spiro atoms. The first-order valence-electron chi connectivity index (χ1n) is 9.53. The van der Waals surface area contributed by atoms with Gasteiger partial charge in [-0.2, -0.15) is 10.2 Å². The molecule has 34 heavy (non-hydrogen) atoms. The molecular formula is C22H18N2O10. The van der Waals surface area contributed by atoms with Crippen LogP contribution in [0.1, 0.15) is 47.4 Å². The molecule has 176 valence electrons. The molecular weight excluding hydrogens is 452 g/mol. The van der Waals surface area contributed by atoms with Gasteiger partial charge in [0.25, 0.3) is 0 Å². The maximum absolute atomic E-state index is 11.7. The monoisotopic (exact) mass is 470 g/mol. The third kappa shape index (κ3) is 7.44. The van der Waals surface area contributed by atoms with E-state index < -0.39 is 59.4 Å². The Morgan fingerprint density at radius 2 is 1.03 bits per heavy atom. The number of carbonyl (C=O) groups is 6. The number of benzene rings is 2. The Kier molecular flexibility index (Phi) is 8.42. The molecule has 0 aliphatic rings. The van der Waals surface area contributed by atoms with Crippen LogP contribution in [0.5, 0.6) is 11.5 Å². The maximum Gasteiger partial charge on any atom is 0.339 e. The third-order valence-corrected chi connectivity index (χ3v) is 3.90. The summed E-state index contributed by atoms with van der Waals surface area (Å²) in [6, 6.07) is 7.05. The predicted molar refractivity (Wildman–Crippen MR) is 113 cm³/mol. The lowest BCUT2D eigenvalue weighted by Crippen LogP contribution is -2.14. The second-order valence-electron chi connectivity index (χ2n) is 6.88. The molecule has 2 rings (SSSR count). The van der Waals surface area contributed by atoms with E-state index in [2.05, 4.69) is 10.2 Å². The van der Waals surface area contributed by atoms with Crippen LogP contribution in [-0.2, 0) is 19.2 Å². The highest BCUT2D eigenvalue weighted by Gasteiger charge is 2.18. The molecule has 0 aromatic heterocycles. The number of ether oxygens (including phenoxy) is 2. The second kappa shape index (κ2) is 11.2. The summed E-state index contributed by atoms with van der Waals surface area (Å²) in [6.45, 7) is 2.36. The van der Waals surface area contributed by atoms with Crippen molar-refractivity contribution in [2.24, 2.45) is 10.2 Å². The Bertz CT molecular complexity index is 1120. The molecule has 0 atom stereocenters. The number of nitrogens with zero attached hydrogens (tertiary/aromatic N) is 2. The van der Waals surface area contributed by atoms with Gasteiger partial charge in [0.15, 0.2) is 0 Å². The molecule has 0 saturated carbocycles. The lowest BCUT2D eigenvalue weighted by Gasteiger charge is -2.08. The number of azo groups is 1. The summed E-state index contributed by atoms with van der Waals surface area (Å²) in [5.41, 5.74) is -0.741. The predicted octanol–water partition coefficient (Wildman–Crippen LogP) is 3.27. The molecule has 0 heterocycles. The topological polar surface area (TPSA) is 186 Å². The van der Waals surface area contributed by atoms with Gasteiger partial charge in [-0.15, -0.1) is 0 Å². The highest BCUT2D eigenvalue weighted by atomic mass is 16.5. The van der Waals surface area contributed by atoms with E-state index in [0.29, 0.717) is 0 Å². The number of ketones is 2. The fourth-order valence-corrected chi connectivity index (χ4v) is 2.51. The van der Waals surface area contributed by atoms with Crippen LogP contribution < -0.4 is 9.47 Å². The Morgan fingerprint density at radius 3 is 1.32 bits per heavy atom. The van der Waals surface area contributed by atoms with E-state index in [0.717, 1.165) is 24.3 Å². The second-order valence-corrected chi connectivity index (χ2v) is 6.88. The summed E-state index contributed by atoms with van der Waals surface area (Å²) in [7, 11) is 0. The molecule has 0 saturated heterocycles. The summed E-state index contributed by atoms with van der Waals surface area (Å²) >= 11 is 0. The van der Waals surface area contributed by atoms with E-state index in [-0.39, 0.29) is 22.9 Å². The normalized spacial score (nSPS) is 10.5. The molecule has 0 aliphatic carbocycles. The fourth-order valence-electron chi connectivity index (χ4n) is 2.51. The summed E-state index contributed by atoms with van der Waals surface area (Å²) in [5.74, 6) is -6.17. The molecule has 12 heteroatoms. The molecule has 0 bridgehead atoms. The zero-order valence-electron chi connectivity index (χ0n) is 17.9. The quantitative estimate of drug-likeness (QED) is 0.226. The van der Waals surface area contributed by atoms with Gasteiger partial charge in [-0.25, -0.2) is 9.59 Å². The Labute approximate surface area is 191 Å². The lowest BCUT2D eigenvalue weighted by molar-refractivity contribution is -0.139. The van der Waals surface area contributed by atoms with Gasteiger partial charge in [0.05, 0.1) is 11.4 Å². The zero-order valence-corrected chi connectivity index (χ0v) is 17.9. The average molecular weight is 470 g/mol. The van der Waals surface area contributed by atoms with Crippen molar-refractivity contribution in [3.8, 4) is 11.5 Å². The Balaban J connectivity index is 2.28. The molecule has 2 N–H and O–H groups in total. The number of esters is 2. The van der Waals surface area contributed by atoms with Crippen LogP contribution in [0.15, 0.2) is 46.6 Å². The third-order valence-electron chi connectivity index (χ3n) is 3.90. The largest absolute Gasteiger partial charge is 0.478 e. The van der Waals surface area contributed by atoms with Crippen LogP contribution in [-0.4, -0.2) is 45.7 Å². The smallest absolute Gasteiger partial charge is 0.339 e. The molecule has 0 amide bonds. The minimum absolute atomic E-state index is 0.0394. The highest BCUT2D eigenvalue weighted by Crippen LogP contribution is 2.29. The van der Waals surface area contributed by atoms with Crippen LogP contribution in [0.2, 0.25) is 0 Å². The summed E-state index contributed by atoms with van der Waals surface area (Å²) in [4.78, 5) is 68.3. The van der Waals surface area contributed by atoms with Crippen LogP contribution >= 0.6 is 0 Å². The molecule has 0 radical (unpaired) electrons. The van der Waals surface area contributed by atoms with Crippen molar-refractivity contribution in [2.45, 2.75) is 26.7 Å². The van der Waals surface area contributed by atoms with Gasteiger partial charge in [-0.3, -0.25) is 19.2 Å². The van der Waals surface area contributed by atoms with Crippen LogP contribution in [0.3, 0.4) is 0 Å². The first-order chi connectivity index (χ1) is 16.0. The lowest BCUT2D eigenvalue weighted by atomic mass is 10.1. The van der Waals surface area contributed by atoms with E-state index in [1.807, 2.05) is 0 Å². The van der Waals surface area contributed by atoms with E-state index in [1.54, 1.807) is 0 Å². The summed E-state index contributed by atoms with van der Waals surface area (Å²) < 4.78 is 9.81. The number of hydrogen-bond acceptors (Lipinski definition) is 10. The van der Waals surface area contributed by atoms with Gasteiger partial charge < -0.3 is 19.7 Å². The van der Waals surface area contributed by atoms with Crippen molar-refractivity contribution in [3.63, 3.8) is 0 Å². The molecule has 2 aromatic rings. The van der Waals surface area contributed by atoms with E-state index in [9.17, 15) is 39.0 Å². The molecule has 2 aromatic carbocycles. The minimum atomic E-state index is -1.42. The SMILES string of the molecule is CC(=O)CC(=O)Oc1ccc(/N=N/c2ccc(OC(=O)CC(C)=O)c(C(=O)O)c2)cc1C(=O)O. The molecule has 0 fully saturated rings. The molecule has 0 aliphatic heterocycles. The van der Waals surface area contributed by atoms with Gasteiger partial charge in [0.1, 0.15) is 47.0 Å². The number of rotatable bonds is 10. The average Bonchev–Trinajstić information content (AvgIpc) is 2.72. The van der Waals surface area contributed by atoms with Crippen LogP contribution in [0.25, 0.3) is 0 Å². The Morgan fingerprint density at radius 1 is 0.676 bits per heavy atom. The van der Waals surface area contributed by atoms with E-state index in [4.69, 9.17) is 9.47 Å². The standard InChI is InChI=1S/C22H18N2O10/c1-11(25)7-19(27)33-17-5-3-13(9-15(17)21(29)30)23-24-14-4-6-18(16(10-14)22(31)32)34-20(28)8-12(2)26/h3-6,9-10H,7-8H2,1-2H3,(H,29,30)(H,31,32)/b24-23+. The highest BCUT2D eigenvalue weighted by molar-refractivity contribution is 5.98. The van der Waals surface area contributed by atoms with Crippen LogP contribution in [0, 0.1) is 0 Å². The molecule has 0 unspecified atom stereocenters. The number of Topliss-reactive ketones (excluding diaryl/α,β-unsaturated/α-hetero) is 2. The first kappa shape index (κ1) is 25.5. The van der Waals surface area contributed by atoms with E-state index >= 15 is 0 Å². The number of carbonyl (C=O) groups excluding carboxylic acids is 4. The van der Waals surface area contributed by atoms with Gasteiger partial charge in [0, 0.05) is 0 Å². The fraction of sp³-hybridized carbons (Fsp3) is 0.182. The van der Waals surface area contributed by atoms with Gasteiger partial charge in [0.2, 0.25) is 0 Å². The van der Waals surface area contributed by atoms with Gasteiger partial charge in [-0.1, -0.05) is 0 Å². The number of carboxylic acid groups (broad SMARTS) is 2. The van der Waals surface area contributed by atoms with Gasteiger partial charge >= 0.3 is 23.9 Å². The first-order valence-corrected chi connectivity index (χ1v) is 9.53. The van der Waals surface area contributed by atoms with Crippen molar-refractivity contribution >= 4 is 46.8 Å². The minimum Gasteiger partial charge on any atom is -0.478 e. The number of aromatic carboxylic acids is 2. The van der Waals surface area contributed by atoms with Crippen molar-refractivity contribution < 1.29 is 48.5 Å². The van der Waals surface area contributed by atoms with Crippen molar-refractivity contribution in [1.29, 1.82) is 0 Å². The summed E-state index contributed by atoms with van der Waals surface area (Å²) in [5, 5.41) is 26.4. The van der Waals surface area contributed by atoms with Crippen molar-refractivity contribution in [2.75, 3.05) is 0 Å². The van der Waals surface area contributed by atoms with E-state index in [1.165, 1.54) is 26.0 Å². The van der Waals surface area contributed by atoms with Gasteiger partial charge in [-0.05, 0) is 50.2 Å². The van der Waals surface area contributed by atoms with Crippen LogP contribution in [0.4, 0.5) is 11.4 Å². The summed E-state index contributed by atoms with van der Waals surface area (Å²) in [6.07, 6.45) is -1.04.